The molecule has 1 heterocycles. The summed E-state index contributed by atoms with van der Waals surface area (Å²) in [6.45, 7) is 2.54. The fraction of sp³-hybridized carbons (Fsp3) is 0.381. The first kappa shape index (κ1) is 21.6. The number of nitrogens with one attached hydrogen (secondary N) is 1. The molecule has 3 rings (SSSR count). The van der Waals surface area contributed by atoms with Crippen LogP contribution in [0.15, 0.2) is 53.4 Å². The molecule has 0 bridgehead atoms. The summed E-state index contributed by atoms with van der Waals surface area (Å²) in [6, 6.07) is 13.5. The molecule has 2 aromatic rings. The van der Waals surface area contributed by atoms with Crippen LogP contribution >= 0.6 is 11.6 Å². The van der Waals surface area contributed by atoms with Crippen molar-refractivity contribution in [3.05, 3.63) is 59.1 Å². The first-order valence-electron chi connectivity index (χ1n) is 9.52. The van der Waals surface area contributed by atoms with Gasteiger partial charge in [-0.25, -0.2) is 8.42 Å². The van der Waals surface area contributed by atoms with E-state index in [1.807, 2.05) is 31.2 Å². The minimum atomic E-state index is -3.58. The van der Waals surface area contributed by atoms with Crippen LogP contribution < -0.4 is 10.1 Å². The number of halogens is 1. The lowest BCUT2D eigenvalue weighted by Crippen LogP contribution is -2.43. The van der Waals surface area contributed by atoms with Crippen molar-refractivity contribution in [2.24, 2.45) is 5.92 Å². The van der Waals surface area contributed by atoms with Crippen molar-refractivity contribution in [2.75, 3.05) is 20.2 Å². The van der Waals surface area contributed by atoms with Crippen molar-refractivity contribution >= 4 is 27.5 Å². The second-order valence-electron chi connectivity index (χ2n) is 7.10. The summed E-state index contributed by atoms with van der Waals surface area (Å²) in [5.41, 5.74) is 0.908. The summed E-state index contributed by atoms with van der Waals surface area (Å²) in [5.74, 6) is 0.444. The molecule has 1 N–H and O–H groups in total. The molecule has 156 valence electrons. The number of amides is 1. The number of carbonyl (C=O) groups is 1. The van der Waals surface area contributed by atoms with Gasteiger partial charge in [-0.05, 0) is 50.1 Å². The summed E-state index contributed by atoms with van der Waals surface area (Å²) in [5, 5.41) is 3.52. The zero-order valence-electron chi connectivity index (χ0n) is 16.5. The molecule has 1 aliphatic rings. The van der Waals surface area contributed by atoms with Crippen LogP contribution in [-0.4, -0.2) is 38.8 Å². The van der Waals surface area contributed by atoms with Crippen LogP contribution in [0.2, 0.25) is 5.02 Å². The molecule has 0 aliphatic carbocycles. The number of sulfonamides is 1. The predicted molar refractivity (Wildman–Crippen MR) is 112 cm³/mol. The van der Waals surface area contributed by atoms with Crippen LogP contribution in [0.1, 0.15) is 31.4 Å². The molecular weight excluding hydrogens is 412 g/mol. The van der Waals surface area contributed by atoms with Crippen LogP contribution in [0.3, 0.4) is 0 Å². The number of carbonyl (C=O) groups excluding carboxylic acids is 1. The van der Waals surface area contributed by atoms with Gasteiger partial charge in [0, 0.05) is 29.6 Å². The Hall–Kier alpha value is -2.09. The lowest BCUT2D eigenvalue weighted by molar-refractivity contribution is -0.126. The molecule has 8 heteroatoms. The van der Waals surface area contributed by atoms with Crippen LogP contribution in [-0.2, 0) is 14.8 Å². The highest BCUT2D eigenvalue weighted by atomic mass is 35.5. The fourth-order valence-corrected chi connectivity index (χ4v) is 5.14. The molecule has 1 saturated heterocycles. The zero-order valence-corrected chi connectivity index (χ0v) is 18.0. The Kier molecular flexibility index (Phi) is 6.82. The number of nitrogens with zero attached hydrogens (tertiary/aromatic N) is 1. The Bertz CT molecular complexity index is 955. The normalized spacial score (nSPS) is 16.9. The van der Waals surface area contributed by atoms with E-state index in [0.717, 1.165) is 11.3 Å². The van der Waals surface area contributed by atoms with Crippen molar-refractivity contribution in [1.82, 2.24) is 9.62 Å². The number of methoxy groups -OCH3 is 1. The fourth-order valence-electron chi connectivity index (χ4n) is 3.55. The van der Waals surface area contributed by atoms with Gasteiger partial charge in [-0.3, -0.25) is 4.79 Å². The van der Waals surface area contributed by atoms with E-state index in [1.54, 1.807) is 19.2 Å². The maximum absolute atomic E-state index is 12.8. The van der Waals surface area contributed by atoms with Crippen molar-refractivity contribution in [1.29, 1.82) is 0 Å². The van der Waals surface area contributed by atoms with Crippen LogP contribution in [0.4, 0.5) is 0 Å². The Labute approximate surface area is 176 Å². The van der Waals surface area contributed by atoms with Gasteiger partial charge in [-0.1, -0.05) is 29.8 Å². The van der Waals surface area contributed by atoms with Gasteiger partial charge in [0.1, 0.15) is 5.75 Å². The third-order valence-corrected chi connectivity index (χ3v) is 7.41. The van der Waals surface area contributed by atoms with Gasteiger partial charge in [-0.15, -0.1) is 0 Å². The van der Waals surface area contributed by atoms with E-state index < -0.39 is 10.0 Å². The standard InChI is InChI=1S/C21H25ClN2O4S/c1-15(19-5-3-4-6-20(19)28-2)23-21(25)16-11-13-24(14-12-16)29(26,27)18-9-7-17(22)8-10-18/h3-10,15-16H,11-14H2,1-2H3,(H,23,25)/t15-/m0/s1. The number of hydrogen-bond acceptors (Lipinski definition) is 4. The molecule has 0 radical (unpaired) electrons. The van der Waals surface area contributed by atoms with Gasteiger partial charge >= 0.3 is 0 Å². The molecule has 0 spiro atoms. The number of ether oxygens (including phenoxy) is 1. The minimum Gasteiger partial charge on any atom is -0.496 e. The molecule has 1 atom stereocenters. The first-order valence-corrected chi connectivity index (χ1v) is 11.3. The molecule has 2 aromatic carbocycles. The second-order valence-corrected chi connectivity index (χ2v) is 9.48. The van der Waals surface area contributed by atoms with Gasteiger partial charge in [0.05, 0.1) is 18.0 Å². The van der Waals surface area contributed by atoms with E-state index in [9.17, 15) is 13.2 Å². The molecule has 0 aromatic heterocycles. The molecule has 6 nitrogen and oxygen atoms in total. The van der Waals surface area contributed by atoms with E-state index in [1.165, 1.54) is 16.4 Å². The summed E-state index contributed by atoms with van der Waals surface area (Å²) >= 11 is 5.85. The smallest absolute Gasteiger partial charge is 0.243 e. The molecule has 0 unspecified atom stereocenters. The van der Waals surface area contributed by atoms with Crippen molar-refractivity contribution < 1.29 is 17.9 Å². The maximum atomic E-state index is 12.8. The van der Waals surface area contributed by atoms with Gasteiger partial charge in [-0.2, -0.15) is 4.31 Å². The van der Waals surface area contributed by atoms with E-state index in [-0.39, 0.29) is 22.8 Å². The highest BCUT2D eigenvalue weighted by Gasteiger charge is 2.32. The Balaban J connectivity index is 1.60. The Morgan fingerprint density at radius 1 is 1.14 bits per heavy atom. The molecule has 29 heavy (non-hydrogen) atoms. The van der Waals surface area contributed by atoms with Gasteiger partial charge in [0.25, 0.3) is 0 Å². The minimum absolute atomic E-state index is 0.0630. The van der Waals surface area contributed by atoms with Gasteiger partial charge in [0.15, 0.2) is 0 Å². The lowest BCUT2D eigenvalue weighted by Gasteiger charge is -2.31. The average Bonchev–Trinajstić information content (AvgIpc) is 2.74. The number of benzene rings is 2. The summed E-state index contributed by atoms with van der Waals surface area (Å²) in [6.07, 6.45) is 0.967. The Morgan fingerprint density at radius 3 is 2.38 bits per heavy atom. The molecule has 1 amide bonds. The van der Waals surface area contributed by atoms with Crippen LogP contribution in [0.25, 0.3) is 0 Å². The molecule has 0 saturated carbocycles. The van der Waals surface area contributed by atoms with Crippen molar-refractivity contribution in [3.8, 4) is 5.75 Å². The lowest BCUT2D eigenvalue weighted by atomic mass is 9.96. The summed E-state index contributed by atoms with van der Waals surface area (Å²) in [7, 11) is -1.98. The maximum Gasteiger partial charge on any atom is 0.243 e. The summed E-state index contributed by atoms with van der Waals surface area (Å²) < 4.78 is 32.3. The van der Waals surface area contributed by atoms with E-state index in [0.29, 0.717) is 31.0 Å². The van der Waals surface area contributed by atoms with Crippen molar-refractivity contribution in [3.63, 3.8) is 0 Å². The van der Waals surface area contributed by atoms with Gasteiger partial charge in [0.2, 0.25) is 15.9 Å². The monoisotopic (exact) mass is 436 g/mol. The van der Waals surface area contributed by atoms with Gasteiger partial charge < -0.3 is 10.1 Å². The second kappa shape index (κ2) is 9.15. The zero-order chi connectivity index (χ0) is 21.0. The topological polar surface area (TPSA) is 75.7 Å². The highest BCUT2D eigenvalue weighted by molar-refractivity contribution is 7.89. The molecule has 1 aliphatic heterocycles. The van der Waals surface area contributed by atoms with E-state index >= 15 is 0 Å². The predicted octanol–water partition coefficient (Wildman–Crippen LogP) is 3.63. The molecule has 1 fully saturated rings. The highest BCUT2D eigenvalue weighted by Crippen LogP contribution is 2.27. The average molecular weight is 437 g/mol. The largest absolute Gasteiger partial charge is 0.496 e. The van der Waals surface area contributed by atoms with Crippen molar-refractivity contribution in [2.45, 2.75) is 30.7 Å². The van der Waals surface area contributed by atoms with E-state index in [2.05, 4.69) is 5.32 Å². The molecular formula is C21H25ClN2O4S. The Morgan fingerprint density at radius 2 is 1.76 bits per heavy atom. The third-order valence-electron chi connectivity index (χ3n) is 5.24. The number of hydrogen-bond donors (Lipinski definition) is 1. The summed E-state index contributed by atoms with van der Waals surface area (Å²) in [4.78, 5) is 12.9. The SMILES string of the molecule is COc1ccccc1[C@H](C)NC(=O)C1CCN(S(=O)(=O)c2ccc(Cl)cc2)CC1. The first-order chi connectivity index (χ1) is 13.8. The number of para-hydroxylation sites is 1. The number of rotatable bonds is 6. The van der Waals surface area contributed by atoms with Crippen LogP contribution in [0, 0.1) is 5.92 Å². The number of piperidine rings is 1. The van der Waals surface area contributed by atoms with Crippen LogP contribution in [0.5, 0.6) is 5.75 Å². The third kappa shape index (κ3) is 4.91. The van der Waals surface area contributed by atoms with E-state index in [4.69, 9.17) is 16.3 Å². The quantitative estimate of drug-likeness (QED) is 0.750.